The summed E-state index contributed by atoms with van der Waals surface area (Å²) in [5, 5.41) is 4.11. The number of carbonyl (C=O) groups is 1. The van der Waals surface area contributed by atoms with E-state index in [2.05, 4.69) is 27.0 Å². The number of pyridine rings is 1. The van der Waals surface area contributed by atoms with Crippen LogP contribution in [0.4, 0.5) is 4.39 Å². The molecule has 1 aliphatic rings. The fourth-order valence-corrected chi connectivity index (χ4v) is 6.09. The molecule has 1 amide bonds. The number of nitrogens with zero attached hydrogens (tertiary/aromatic N) is 3. The lowest BCUT2D eigenvalue weighted by atomic mass is 9.74. The first-order valence-corrected chi connectivity index (χ1v) is 13.7. The molecule has 3 aromatic heterocycles. The van der Waals surface area contributed by atoms with Gasteiger partial charge in [-0.15, -0.1) is 0 Å². The lowest BCUT2D eigenvalue weighted by Crippen LogP contribution is -2.24. The Kier molecular flexibility index (Phi) is 6.11. The molecule has 1 aliphatic carbocycles. The maximum absolute atomic E-state index is 15.9. The molecule has 0 saturated heterocycles. The van der Waals surface area contributed by atoms with Crippen molar-refractivity contribution in [1.29, 1.82) is 4.78 Å². The minimum Gasteiger partial charge on any atom is -0.365 e. The maximum atomic E-state index is 15.9. The molecule has 2 atom stereocenters. The van der Waals surface area contributed by atoms with Crippen LogP contribution in [0.5, 0.6) is 0 Å². The molecule has 0 spiro atoms. The summed E-state index contributed by atoms with van der Waals surface area (Å²) in [7, 11) is -3.12. The number of imidazole rings is 1. The lowest BCUT2D eigenvalue weighted by molar-refractivity contribution is 0.0998. The molecular weight excluding hydrogens is 483 g/mol. The second-order valence-corrected chi connectivity index (χ2v) is 11.8. The van der Waals surface area contributed by atoms with Crippen LogP contribution in [0.3, 0.4) is 0 Å². The first-order chi connectivity index (χ1) is 17.1. The highest BCUT2D eigenvalue weighted by atomic mass is 32.2. The van der Waals surface area contributed by atoms with Crippen LogP contribution in [0.2, 0.25) is 0 Å². The molecule has 0 aliphatic heterocycles. The average Bonchev–Trinajstić information content (AvgIpc) is 3.49. The van der Waals surface area contributed by atoms with Crippen molar-refractivity contribution >= 4 is 26.7 Å². The number of hydrogen-bond acceptors (Lipinski definition) is 7. The zero-order valence-corrected chi connectivity index (χ0v) is 20.8. The van der Waals surface area contributed by atoms with E-state index in [0.717, 1.165) is 25.7 Å². The highest BCUT2D eigenvalue weighted by molar-refractivity contribution is 7.91. The summed E-state index contributed by atoms with van der Waals surface area (Å²) in [5.74, 6) is -0.490. The van der Waals surface area contributed by atoms with Crippen LogP contribution in [-0.2, 0) is 9.73 Å². The predicted octanol–water partition coefficient (Wildman–Crippen LogP) is 4.84. The number of aromatic nitrogens is 4. The smallest absolute Gasteiger partial charge is 0.253 e. The van der Waals surface area contributed by atoms with Crippen LogP contribution in [-0.4, -0.2) is 36.5 Å². The molecule has 9 nitrogen and oxygen atoms in total. The van der Waals surface area contributed by atoms with Gasteiger partial charge >= 0.3 is 0 Å². The number of benzene rings is 1. The Labute approximate surface area is 207 Å². The summed E-state index contributed by atoms with van der Waals surface area (Å²) in [4.78, 5) is 24.2. The minimum absolute atomic E-state index is 0.100. The Morgan fingerprint density at radius 3 is 2.69 bits per heavy atom. The predicted molar refractivity (Wildman–Crippen MR) is 132 cm³/mol. The van der Waals surface area contributed by atoms with Gasteiger partial charge in [-0.05, 0) is 42.9 Å². The number of fused-ring (bicyclic) bond motifs is 1. The fourth-order valence-electron chi connectivity index (χ4n) is 5.19. The number of aromatic amines is 1. The highest BCUT2D eigenvalue weighted by Gasteiger charge is 2.35. The Bertz CT molecular complexity index is 1550. The first-order valence-electron chi connectivity index (χ1n) is 11.8. The standard InChI is InChI=1S/C25H27FN6O3S/c1-13-3-5-14(6-4-13)20(22-17(24(27)33)12-35-32-22)25-30-18-8-7-15(21(26)23(18)31-25)16-11-29-10-9-19(16)36(2,28)34/h7-14,20,28H,3-6H2,1-2H3,(H2,27,33)(H,30,31)/t13?,14?,20-,36?/m0/s1. The van der Waals surface area contributed by atoms with Crippen molar-refractivity contribution in [3.8, 4) is 11.1 Å². The van der Waals surface area contributed by atoms with Gasteiger partial charge in [0.25, 0.3) is 5.91 Å². The van der Waals surface area contributed by atoms with Crippen LogP contribution in [0.15, 0.2) is 46.3 Å². The molecule has 11 heteroatoms. The number of nitrogens with two attached hydrogens (primary N) is 1. The monoisotopic (exact) mass is 510 g/mol. The van der Waals surface area contributed by atoms with Crippen molar-refractivity contribution in [3.05, 3.63) is 59.8 Å². The van der Waals surface area contributed by atoms with Crippen molar-refractivity contribution in [3.63, 3.8) is 0 Å². The van der Waals surface area contributed by atoms with E-state index in [1.54, 1.807) is 12.1 Å². The molecule has 1 saturated carbocycles. The summed E-state index contributed by atoms with van der Waals surface area (Å²) in [5.41, 5.74) is 7.19. The van der Waals surface area contributed by atoms with E-state index in [0.29, 0.717) is 23.0 Å². The van der Waals surface area contributed by atoms with E-state index in [1.807, 2.05) is 0 Å². The van der Waals surface area contributed by atoms with E-state index in [-0.39, 0.29) is 33.0 Å². The Morgan fingerprint density at radius 1 is 1.25 bits per heavy atom. The Morgan fingerprint density at radius 2 is 2.00 bits per heavy atom. The largest absolute Gasteiger partial charge is 0.365 e. The number of hydrogen-bond donors (Lipinski definition) is 3. The Balaban J connectivity index is 1.65. The molecule has 1 unspecified atom stereocenters. The normalized spacial score (nSPS) is 20.8. The van der Waals surface area contributed by atoms with Crippen LogP contribution >= 0.6 is 0 Å². The highest BCUT2D eigenvalue weighted by Crippen LogP contribution is 2.42. The SMILES string of the molecule is CC1CCC([C@H](c2nc3c(F)c(-c4cnccc4S(C)(=N)=O)ccc3[nH]2)c2nocc2C(N)=O)CC1. The van der Waals surface area contributed by atoms with Crippen molar-refractivity contribution in [2.75, 3.05) is 6.26 Å². The van der Waals surface area contributed by atoms with Gasteiger partial charge in [-0.25, -0.2) is 18.4 Å². The topological polar surface area (TPSA) is 152 Å². The number of halogens is 1. The number of H-pyrrole nitrogens is 1. The molecule has 1 fully saturated rings. The summed E-state index contributed by atoms with van der Waals surface area (Å²) in [6.45, 7) is 2.21. The molecule has 0 bridgehead atoms. The van der Waals surface area contributed by atoms with Crippen molar-refractivity contribution in [1.82, 2.24) is 20.1 Å². The molecule has 0 radical (unpaired) electrons. The molecule has 188 valence electrons. The number of primary amides is 1. The van der Waals surface area contributed by atoms with Gasteiger partial charge in [-0.2, -0.15) is 0 Å². The number of nitrogens with one attached hydrogen (secondary N) is 2. The third kappa shape index (κ3) is 4.27. The second-order valence-electron chi connectivity index (χ2n) is 9.64. The van der Waals surface area contributed by atoms with Gasteiger partial charge < -0.3 is 15.2 Å². The van der Waals surface area contributed by atoms with E-state index >= 15 is 4.39 Å². The molecule has 1 aromatic carbocycles. The summed E-state index contributed by atoms with van der Waals surface area (Å²) in [6, 6.07) is 4.73. The van der Waals surface area contributed by atoms with Crippen molar-refractivity contribution in [2.45, 2.75) is 43.4 Å². The van der Waals surface area contributed by atoms with Gasteiger partial charge in [-0.3, -0.25) is 9.78 Å². The van der Waals surface area contributed by atoms with Gasteiger partial charge in [0, 0.05) is 29.8 Å². The van der Waals surface area contributed by atoms with Crippen molar-refractivity contribution < 1.29 is 17.9 Å². The summed E-state index contributed by atoms with van der Waals surface area (Å²) in [6.07, 6.45) is 9.22. The molecule has 5 rings (SSSR count). The van der Waals surface area contributed by atoms with Gasteiger partial charge in [0.2, 0.25) is 0 Å². The molecule has 36 heavy (non-hydrogen) atoms. The van der Waals surface area contributed by atoms with E-state index < -0.39 is 27.4 Å². The number of rotatable bonds is 6. The quantitative estimate of drug-likeness (QED) is 0.337. The van der Waals surface area contributed by atoms with Gasteiger partial charge in [0.15, 0.2) is 5.82 Å². The van der Waals surface area contributed by atoms with Gasteiger partial charge in [-0.1, -0.05) is 24.9 Å². The fraction of sp³-hybridized carbons (Fsp3) is 0.360. The van der Waals surface area contributed by atoms with Gasteiger partial charge in [0.1, 0.15) is 28.9 Å². The summed E-state index contributed by atoms with van der Waals surface area (Å²) < 4.78 is 41.5. The third-order valence-electron chi connectivity index (χ3n) is 7.09. The second kappa shape index (κ2) is 9.12. The van der Waals surface area contributed by atoms with Crippen LogP contribution in [0.1, 0.15) is 60.4 Å². The minimum atomic E-state index is -3.12. The Hall–Kier alpha value is -3.60. The first kappa shape index (κ1) is 24.1. The third-order valence-corrected chi connectivity index (χ3v) is 8.28. The lowest BCUT2D eigenvalue weighted by Gasteiger charge is -2.31. The zero-order chi connectivity index (χ0) is 25.6. The van der Waals surface area contributed by atoms with E-state index in [4.69, 9.17) is 15.0 Å². The molecular formula is C25H27FN6O3S. The van der Waals surface area contributed by atoms with Crippen molar-refractivity contribution in [2.24, 2.45) is 17.6 Å². The molecule has 3 heterocycles. The average molecular weight is 511 g/mol. The molecule has 4 aromatic rings. The molecule has 4 N–H and O–H groups in total. The van der Waals surface area contributed by atoms with Crippen LogP contribution < -0.4 is 5.73 Å². The van der Waals surface area contributed by atoms with E-state index in [9.17, 15) is 9.00 Å². The van der Waals surface area contributed by atoms with Gasteiger partial charge in [0.05, 0.1) is 26.1 Å². The zero-order valence-electron chi connectivity index (χ0n) is 20.0. The summed E-state index contributed by atoms with van der Waals surface area (Å²) >= 11 is 0. The van der Waals surface area contributed by atoms with E-state index in [1.165, 1.54) is 31.0 Å². The number of carbonyl (C=O) groups excluding carboxylic acids is 1. The van der Waals surface area contributed by atoms with Crippen LogP contribution in [0, 0.1) is 22.4 Å². The van der Waals surface area contributed by atoms with Crippen LogP contribution in [0.25, 0.3) is 22.2 Å². The number of amides is 1. The maximum Gasteiger partial charge on any atom is 0.253 e.